The fourth-order valence-electron chi connectivity index (χ4n) is 1.40. The van der Waals surface area contributed by atoms with Crippen LogP contribution in [0.1, 0.15) is 25.4 Å². The van der Waals surface area contributed by atoms with Gasteiger partial charge in [-0.1, -0.05) is 13.8 Å². The van der Waals surface area contributed by atoms with E-state index in [4.69, 9.17) is 4.74 Å². The standard InChI is InChI=1S/C11H18N2O2/c1-8(2)6-9-7-11(14)13-10(12-9)4-5-15-3/h7-8H,4-6H2,1-3H3,(H,12,13,14). The summed E-state index contributed by atoms with van der Waals surface area (Å²) >= 11 is 0. The first-order valence-corrected chi connectivity index (χ1v) is 5.20. The summed E-state index contributed by atoms with van der Waals surface area (Å²) in [4.78, 5) is 18.4. The molecule has 0 saturated heterocycles. The maximum atomic E-state index is 11.3. The third-order valence-corrected chi connectivity index (χ3v) is 2.00. The van der Waals surface area contributed by atoms with Crippen LogP contribution in [0.4, 0.5) is 0 Å². The van der Waals surface area contributed by atoms with E-state index < -0.39 is 0 Å². The van der Waals surface area contributed by atoms with Gasteiger partial charge in [-0.2, -0.15) is 0 Å². The summed E-state index contributed by atoms with van der Waals surface area (Å²) in [7, 11) is 1.63. The molecule has 0 aromatic carbocycles. The molecule has 1 N–H and O–H groups in total. The van der Waals surface area contributed by atoms with Crippen LogP contribution in [0, 0.1) is 5.92 Å². The second kappa shape index (κ2) is 5.66. The number of nitrogens with one attached hydrogen (secondary N) is 1. The molecule has 0 atom stereocenters. The predicted octanol–water partition coefficient (Wildman–Crippen LogP) is 1.16. The molecule has 0 unspecified atom stereocenters. The quantitative estimate of drug-likeness (QED) is 0.793. The van der Waals surface area contributed by atoms with E-state index >= 15 is 0 Å². The van der Waals surface area contributed by atoms with Gasteiger partial charge in [0.2, 0.25) is 0 Å². The van der Waals surface area contributed by atoms with Crippen molar-refractivity contribution in [3.05, 3.63) is 27.9 Å². The van der Waals surface area contributed by atoms with Crippen molar-refractivity contribution in [2.75, 3.05) is 13.7 Å². The van der Waals surface area contributed by atoms with Crippen LogP contribution in [-0.4, -0.2) is 23.7 Å². The summed E-state index contributed by atoms with van der Waals surface area (Å²) in [6, 6.07) is 1.57. The highest BCUT2D eigenvalue weighted by molar-refractivity contribution is 5.03. The Labute approximate surface area is 89.7 Å². The predicted molar refractivity (Wildman–Crippen MR) is 59.0 cm³/mol. The Hall–Kier alpha value is -1.16. The van der Waals surface area contributed by atoms with Crippen molar-refractivity contribution in [3.8, 4) is 0 Å². The van der Waals surface area contributed by atoms with Crippen molar-refractivity contribution >= 4 is 0 Å². The average molecular weight is 210 g/mol. The van der Waals surface area contributed by atoms with Crippen LogP contribution in [0.15, 0.2) is 10.9 Å². The van der Waals surface area contributed by atoms with Crippen molar-refractivity contribution in [2.24, 2.45) is 5.92 Å². The van der Waals surface area contributed by atoms with Crippen molar-refractivity contribution < 1.29 is 4.74 Å². The van der Waals surface area contributed by atoms with Gasteiger partial charge in [-0.3, -0.25) is 4.79 Å². The van der Waals surface area contributed by atoms with E-state index in [1.165, 1.54) is 0 Å². The van der Waals surface area contributed by atoms with Crippen molar-refractivity contribution in [1.82, 2.24) is 9.97 Å². The lowest BCUT2D eigenvalue weighted by molar-refractivity contribution is 0.200. The Bertz CT molecular complexity index is 358. The topological polar surface area (TPSA) is 55.0 Å². The minimum absolute atomic E-state index is 0.0771. The first-order chi connectivity index (χ1) is 7.11. The monoisotopic (exact) mass is 210 g/mol. The van der Waals surface area contributed by atoms with Gasteiger partial charge in [0.1, 0.15) is 5.82 Å². The maximum Gasteiger partial charge on any atom is 0.251 e. The minimum atomic E-state index is -0.0771. The van der Waals surface area contributed by atoms with Gasteiger partial charge in [-0.25, -0.2) is 4.98 Å². The molecular formula is C11H18N2O2. The second-order valence-electron chi connectivity index (χ2n) is 4.02. The Morgan fingerprint density at radius 1 is 1.53 bits per heavy atom. The lowest BCUT2D eigenvalue weighted by Crippen LogP contribution is -2.15. The molecule has 1 aromatic rings. The summed E-state index contributed by atoms with van der Waals surface area (Å²) < 4.78 is 4.94. The van der Waals surface area contributed by atoms with E-state index in [1.54, 1.807) is 13.2 Å². The van der Waals surface area contributed by atoms with Crippen LogP contribution >= 0.6 is 0 Å². The number of ether oxygens (including phenoxy) is 1. The largest absolute Gasteiger partial charge is 0.384 e. The summed E-state index contributed by atoms with van der Waals surface area (Å²) in [5.41, 5.74) is 0.784. The number of methoxy groups -OCH3 is 1. The Kier molecular flexibility index (Phi) is 4.49. The number of nitrogens with zero attached hydrogens (tertiary/aromatic N) is 1. The molecule has 1 heterocycles. The third-order valence-electron chi connectivity index (χ3n) is 2.00. The first-order valence-electron chi connectivity index (χ1n) is 5.20. The summed E-state index contributed by atoms with van der Waals surface area (Å²) in [5, 5.41) is 0. The average Bonchev–Trinajstić information content (AvgIpc) is 2.12. The van der Waals surface area contributed by atoms with E-state index in [9.17, 15) is 4.79 Å². The zero-order valence-corrected chi connectivity index (χ0v) is 9.54. The number of hydrogen-bond donors (Lipinski definition) is 1. The lowest BCUT2D eigenvalue weighted by Gasteiger charge is -2.05. The van der Waals surface area contributed by atoms with Crippen molar-refractivity contribution in [3.63, 3.8) is 0 Å². The van der Waals surface area contributed by atoms with Crippen LogP contribution in [0.2, 0.25) is 0 Å². The molecule has 0 aliphatic carbocycles. The minimum Gasteiger partial charge on any atom is -0.384 e. The van der Waals surface area contributed by atoms with E-state index in [-0.39, 0.29) is 5.56 Å². The lowest BCUT2D eigenvalue weighted by atomic mass is 10.1. The molecule has 0 radical (unpaired) electrons. The molecular weight excluding hydrogens is 192 g/mol. The number of hydrogen-bond acceptors (Lipinski definition) is 3. The highest BCUT2D eigenvalue weighted by Crippen LogP contribution is 2.03. The van der Waals surface area contributed by atoms with Gasteiger partial charge in [0.25, 0.3) is 5.56 Å². The molecule has 1 rings (SSSR count). The van der Waals surface area contributed by atoms with Gasteiger partial charge in [-0.15, -0.1) is 0 Å². The maximum absolute atomic E-state index is 11.3. The van der Waals surface area contributed by atoms with Gasteiger partial charge >= 0.3 is 0 Å². The smallest absolute Gasteiger partial charge is 0.251 e. The number of aromatic nitrogens is 2. The highest BCUT2D eigenvalue weighted by atomic mass is 16.5. The highest BCUT2D eigenvalue weighted by Gasteiger charge is 2.03. The molecule has 1 aromatic heterocycles. The first kappa shape index (κ1) is 11.9. The van der Waals surface area contributed by atoms with E-state index in [2.05, 4.69) is 23.8 Å². The Balaban J connectivity index is 2.80. The van der Waals surface area contributed by atoms with Gasteiger partial charge in [0.15, 0.2) is 0 Å². The van der Waals surface area contributed by atoms with Crippen molar-refractivity contribution in [2.45, 2.75) is 26.7 Å². The fraction of sp³-hybridized carbons (Fsp3) is 0.636. The summed E-state index contributed by atoms with van der Waals surface area (Å²) in [5.74, 6) is 1.22. The zero-order chi connectivity index (χ0) is 11.3. The van der Waals surface area contributed by atoms with E-state index in [0.717, 1.165) is 12.1 Å². The van der Waals surface area contributed by atoms with Gasteiger partial charge < -0.3 is 9.72 Å². The van der Waals surface area contributed by atoms with Crippen LogP contribution in [0.5, 0.6) is 0 Å². The van der Waals surface area contributed by atoms with Crippen LogP contribution < -0.4 is 5.56 Å². The van der Waals surface area contributed by atoms with Crippen LogP contribution in [-0.2, 0) is 17.6 Å². The molecule has 15 heavy (non-hydrogen) atoms. The van der Waals surface area contributed by atoms with Crippen LogP contribution in [0.25, 0.3) is 0 Å². The van der Waals surface area contributed by atoms with Gasteiger partial charge in [-0.05, 0) is 12.3 Å². The number of aromatic amines is 1. The zero-order valence-electron chi connectivity index (χ0n) is 9.54. The molecule has 0 aliphatic rings. The Morgan fingerprint density at radius 3 is 2.87 bits per heavy atom. The Morgan fingerprint density at radius 2 is 2.27 bits per heavy atom. The normalized spacial score (nSPS) is 10.9. The van der Waals surface area contributed by atoms with E-state index in [1.807, 2.05) is 0 Å². The molecule has 0 spiro atoms. The summed E-state index contributed by atoms with van der Waals surface area (Å²) in [6.45, 7) is 4.80. The number of rotatable bonds is 5. The molecule has 84 valence electrons. The molecule has 0 amide bonds. The molecule has 0 bridgehead atoms. The fourth-order valence-corrected chi connectivity index (χ4v) is 1.40. The molecule has 0 fully saturated rings. The second-order valence-corrected chi connectivity index (χ2v) is 4.02. The molecule has 4 nitrogen and oxygen atoms in total. The van der Waals surface area contributed by atoms with Crippen LogP contribution in [0.3, 0.4) is 0 Å². The van der Waals surface area contributed by atoms with Gasteiger partial charge in [0.05, 0.1) is 6.61 Å². The van der Waals surface area contributed by atoms with E-state index in [0.29, 0.717) is 24.8 Å². The SMILES string of the molecule is COCCc1nc(CC(C)C)cc(=O)[nH]1. The molecule has 0 aliphatic heterocycles. The number of H-pyrrole nitrogens is 1. The van der Waals surface area contributed by atoms with Gasteiger partial charge in [0, 0.05) is 25.3 Å². The molecule has 4 heteroatoms. The van der Waals surface area contributed by atoms with Crippen molar-refractivity contribution in [1.29, 1.82) is 0 Å². The third kappa shape index (κ3) is 4.25. The summed E-state index contributed by atoms with van der Waals surface area (Å²) in [6.07, 6.45) is 1.49. The molecule has 0 saturated carbocycles.